The van der Waals surface area contributed by atoms with Gasteiger partial charge in [-0.25, -0.2) is 9.18 Å². The fourth-order valence-electron chi connectivity index (χ4n) is 2.52. The van der Waals surface area contributed by atoms with Gasteiger partial charge in [-0.2, -0.15) is 4.99 Å². The van der Waals surface area contributed by atoms with Gasteiger partial charge in [0.05, 0.1) is 19.3 Å². The summed E-state index contributed by atoms with van der Waals surface area (Å²) in [4.78, 5) is 14.6. The van der Waals surface area contributed by atoms with E-state index in [4.69, 9.17) is 9.47 Å². The Balaban J connectivity index is 2.57. The number of benzene rings is 1. The quantitative estimate of drug-likeness (QED) is 0.607. The molecule has 1 aromatic rings. The zero-order chi connectivity index (χ0) is 13.9. The molecule has 1 saturated carbocycles. The molecular weight excluding hydrogens is 249 g/mol. The Kier molecular flexibility index (Phi) is 3.98. The molecule has 1 aromatic carbocycles. The Morgan fingerprint density at radius 1 is 1.42 bits per heavy atom. The molecule has 1 aliphatic carbocycles. The Hall–Kier alpha value is -1.71. The van der Waals surface area contributed by atoms with Crippen molar-refractivity contribution < 1.29 is 18.7 Å². The van der Waals surface area contributed by atoms with Crippen molar-refractivity contribution >= 4 is 6.08 Å². The van der Waals surface area contributed by atoms with E-state index in [9.17, 15) is 9.18 Å². The highest BCUT2D eigenvalue weighted by Crippen LogP contribution is 2.49. The van der Waals surface area contributed by atoms with Crippen LogP contribution in [0.2, 0.25) is 0 Å². The second-order valence-electron chi connectivity index (χ2n) is 4.63. The molecule has 0 heterocycles. The van der Waals surface area contributed by atoms with Gasteiger partial charge in [-0.3, -0.25) is 0 Å². The largest absolute Gasteiger partial charge is 0.496 e. The zero-order valence-corrected chi connectivity index (χ0v) is 11.0. The minimum absolute atomic E-state index is 0.115. The molecule has 0 bridgehead atoms. The third-order valence-electron chi connectivity index (χ3n) is 3.64. The van der Waals surface area contributed by atoms with E-state index in [2.05, 4.69) is 4.99 Å². The van der Waals surface area contributed by atoms with Crippen molar-refractivity contribution in [1.82, 2.24) is 0 Å². The average Bonchev–Trinajstić information content (AvgIpc) is 2.36. The summed E-state index contributed by atoms with van der Waals surface area (Å²) in [5, 5.41) is 0. The van der Waals surface area contributed by atoms with E-state index in [1.807, 2.05) is 0 Å². The molecule has 4 nitrogen and oxygen atoms in total. The van der Waals surface area contributed by atoms with E-state index in [1.54, 1.807) is 12.1 Å². The van der Waals surface area contributed by atoms with E-state index < -0.39 is 5.54 Å². The number of carbonyl (C=O) groups excluding carboxylic acids is 1. The maximum absolute atomic E-state index is 13.8. The van der Waals surface area contributed by atoms with Gasteiger partial charge in [-0.05, 0) is 31.4 Å². The summed E-state index contributed by atoms with van der Waals surface area (Å²) >= 11 is 0. The molecule has 2 rings (SSSR count). The standard InChI is InChI=1S/C14H16FNO3/c1-18-8-10-12(15)5-4-11(13(10)19-2)14(16-9-17)6-3-7-14/h4-5H,3,6-8H2,1-2H3. The van der Waals surface area contributed by atoms with E-state index >= 15 is 0 Å². The molecule has 0 radical (unpaired) electrons. The van der Waals surface area contributed by atoms with Gasteiger partial charge < -0.3 is 9.47 Å². The number of aliphatic imine (C=N–C) groups is 1. The van der Waals surface area contributed by atoms with Crippen molar-refractivity contribution in [3.05, 3.63) is 29.1 Å². The maximum atomic E-state index is 13.8. The molecule has 19 heavy (non-hydrogen) atoms. The molecule has 102 valence electrons. The van der Waals surface area contributed by atoms with Crippen LogP contribution >= 0.6 is 0 Å². The summed E-state index contributed by atoms with van der Waals surface area (Å²) < 4.78 is 24.2. The number of ether oxygens (including phenoxy) is 2. The molecule has 5 heteroatoms. The van der Waals surface area contributed by atoms with Crippen LogP contribution in [0.4, 0.5) is 4.39 Å². The van der Waals surface area contributed by atoms with E-state index in [0.717, 1.165) is 24.8 Å². The molecule has 0 aromatic heterocycles. The van der Waals surface area contributed by atoms with Gasteiger partial charge in [0.1, 0.15) is 17.1 Å². The molecule has 0 aliphatic heterocycles. The van der Waals surface area contributed by atoms with Crippen LogP contribution in [0.3, 0.4) is 0 Å². The third kappa shape index (κ3) is 2.27. The zero-order valence-electron chi connectivity index (χ0n) is 11.0. The lowest BCUT2D eigenvalue weighted by Crippen LogP contribution is -2.32. The van der Waals surface area contributed by atoms with Gasteiger partial charge in [0.2, 0.25) is 6.08 Å². The van der Waals surface area contributed by atoms with Gasteiger partial charge in [-0.15, -0.1) is 0 Å². The van der Waals surface area contributed by atoms with Gasteiger partial charge in [0, 0.05) is 12.7 Å². The molecule has 0 amide bonds. The van der Waals surface area contributed by atoms with Crippen LogP contribution < -0.4 is 4.74 Å². The van der Waals surface area contributed by atoms with Crippen molar-refractivity contribution in [2.75, 3.05) is 14.2 Å². The number of methoxy groups -OCH3 is 2. The number of hydrogen-bond acceptors (Lipinski definition) is 4. The van der Waals surface area contributed by atoms with Crippen LogP contribution in [0.25, 0.3) is 0 Å². The first-order valence-corrected chi connectivity index (χ1v) is 6.12. The Bertz CT molecular complexity index is 520. The predicted molar refractivity (Wildman–Crippen MR) is 67.3 cm³/mol. The fraction of sp³-hybridized carbons (Fsp3) is 0.500. The van der Waals surface area contributed by atoms with Crippen molar-refractivity contribution in [1.29, 1.82) is 0 Å². The number of halogens is 1. The summed E-state index contributed by atoms with van der Waals surface area (Å²) in [5.41, 5.74) is 0.483. The lowest BCUT2D eigenvalue weighted by Gasteiger charge is -2.38. The highest BCUT2D eigenvalue weighted by atomic mass is 19.1. The van der Waals surface area contributed by atoms with Crippen molar-refractivity contribution in [2.45, 2.75) is 31.4 Å². The van der Waals surface area contributed by atoms with Crippen molar-refractivity contribution in [3.8, 4) is 5.75 Å². The monoisotopic (exact) mass is 265 g/mol. The van der Waals surface area contributed by atoms with Crippen LogP contribution in [0.5, 0.6) is 5.75 Å². The Labute approximate surface area is 111 Å². The number of hydrogen-bond donors (Lipinski definition) is 0. The molecule has 0 N–H and O–H groups in total. The molecule has 1 fully saturated rings. The summed E-state index contributed by atoms with van der Waals surface area (Å²) in [6, 6.07) is 3.00. The van der Waals surface area contributed by atoms with E-state index in [1.165, 1.54) is 20.3 Å². The molecule has 0 unspecified atom stereocenters. The van der Waals surface area contributed by atoms with Gasteiger partial charge in [0.15, 0.2) is 0 Å². The van der Waals surface area contributed by atoms with E-state index in [-0.39, 0.29) is 12.4 Å². The Morgan fingerprint density at radius 3 is 2.63 bits per heavy atom. The van der Waals surface area contributed by atoms with Gasteiger partial charge in [0.25, 0.3) is 0 Å². The summed E-state index contributed by atoms with van der Waals surface area (Å²) in [6.45, 7) is 0.115. The molecular formula is C14H16FNO3. The summed E-state index contributed by atoms with van der Waals surface area (Å²) in [5.74, 6) is 0.0348. The molecule has 0 spiro atoms. The van der Waals surface area contributed by atoms with Crippen LogP contribution in [0.1, 0.15) is 30.4 Å². The molecule has 1 aliphatic rings. The number of isocyanates is 1. The minimum Gasteiger partial charge on any atom is -0.496 e. The number of nitrogens with zero attached hydrogens (tertiary/aromatic N) is 1. The summed E-state index contributed by atoms with van der Waals surface area (Å²) in [7, 11) is 2.97. The normalized spacial score (nSPS) is 16.4. The van der Waals surface area contributed by atoms with Crippen molar-refractivity contribution in [2.24, 2.45) is 4.99 Å². The van der Waals surface area contributed by atoms with Crippen LogP contribution in [-0.2, 0) is 21.7 Å². The maximum Gasteiger partial charge on any atom is 0.235 e. The van der Waals surface area contributed by atoms with Crippen LogP contribution in [0.15, 0.2) is 17.1 Å². The smallest absolute Gasteiger partial charge is 0.235 e. The lowest BCUT2D eigenvalue weighted by atomic mass is 9.71. The highest BCUT2D eigenvalue weighted by molar-refractivity contribution is 5.49. The first kappa shape index (κ1) is 13.7. The first-order chi connectivity index (χ1) is 9.18. The SMILES string of the molecule is COCc1c(F)ccc(C2(N=C=O)CCC2)c1OC. The number of rotatable bonds is 5. The van der Waals surface area contributed by atoms with Crippen LogP contribution in [-0.4, -0.2) is 20.3 Å². The lowest BCUT2D eigenvalue weighted by molar-refractivity contribution is 0.176. The summed E-state index contributed by atoms with van der Waals surface area (Å²) in [6.07, 6.45) is 4.09. The second-order valence-corrected chi connectivity index (χ2v) is 4.63. The molecule has 0 atom stereocenters. The topological polar surface area (TPSA) is 47.9 Å². The highest BCUT2D eigenvalue weighted by Gasteiger charge is 2.42. The van der Waals surface area contributed by atoms with Gasteiger partial charge in [-0.1, -0.05) is 0 Å². The Morgan fingerprint density at radius 2 is 2.16 bits per heavy atom. The van der Waals surface area contributed by atoms with Gasteiger partial charge >= 0.3 is 0 Å². The predicted octanol–water partition coefficient (Wildman–Crippen LogP) is 2.70. The minimum atomic E-state index is -0.608. The average molecular weight is 265 g/mol. The first-order valence-electron chi connectivity index (χ1n) is 6.12. The third-order valence-corrected chi connectivity index (χ3v) is 3.64. The fourth-order valence-corrected chi connectivity index (χ4v) is 2.52. The van der Waals surface area contributed by atoms with Crippen LogP contribution in [0, 0.1) is 5.82 Å². The second kappa shape index (κ2) is 5.51. The molecule has 0 saturated heterocycles. The van der Waals surface area contributed by atoms with Crippen molar-refractivity contribution in [3.63, 3.8) is 0 Å². The van der Waals surface area contributed by atoms with E-state index in [0.29, 0.717) is 11.3 Å².